The Labute approximate surface area is 134 Å². The van der Waals surface area contributed by atoms with Crippen LogP contribution in [-0.4, -0.2) is 45.4 Å². The molecule has 0 aromatic heterocycles. The molecule has 1 aromatic carbocycles. The molecule has 0 fully saturated rings. The summed E-state index contributed by atoms with van der Waals surface area (Å²) in [6, 6.07) is 9.86. The average Bonchev–Trinajstić information content (AvgIpc) is 2.55. The number of para-hydroxylation sites is 1. The van der Waals surface area contributed by atoms with Crippen LogP contribution in [0, 0.1) is 0 Å². The molecule has 5 nitrogen and oxygen atoms in total. The SMILES string of the molecule is CCNC(=NCCCOc1ccccc1)NCCCOCC. The van der Waals surface area contributed by atoms with Crippen molar-refractivity contribution in [3.63, 3.8) is 0 Å². The first-order chi connectivity index (χ1) is 10.9. The van der Waals surface area contributed by atoms with E-state index in [0.29, 0.717) is 6.61 Å². The van der Waals surface area contributed by atoms with Crippen LogP contribution in [0.25, 0.3) is 0 Å². The van der Waals surface area contributed by atoms with Gasteiger partial charge in [0.25, 0.3) is 0 Å². The van der Waals surface area contributed by atoms with E-state index >= 15 is 0 Å². The molecule has 5 heteroatoms. The molecular formula is C17H29N3O2. The fourth-order valence-electron chi connectivity index (χ4n) is 1.83. The van der Waals surface area contributed by atoms with Gasteiger partial charge < -0.3 is 20.1 Å². The number of hydrogen-bond acceptors (Lipinski definition) is 3. The summed E-state index contributed by atoms with van der Waals surface area (Å²) < 4.78 is 11.0. The molecule has 124 valence electrons. The predicted molar refractivity (Wildman–Crippen MR) is 91.6 cm³/mol. The Balaban J connectivity index is 2.15. The summed E-state index contributed by atoms with van der Waals surface area (Å²) in [7, 11) is 0. The van der Waals surface area contributed by atoms with E-state index in [2.05, 4.69) is 22.5 Å². The zero-order chi connectivity index (χ0) is 15.9. The van der Waals surface area contributed by atoms with Gasteiger partial charge >= 0.3 is 0 Å². The second kappa shape index (κ2) is 13.0. The van der Waals surface area contributed by atoms with E-state index in [0.717, 1.165) is 57.4 Å². The van der Waals surface area contributed by atoms with Gasteiger partial charge in [0.15, 0.2) is 5.96 Å². The Kier molecular flexibility index (Phi) is 10.8. The maximum absolute atomic E-state index is 5.65. The zero-order valence-electron chi connectivity index (χ0n) is 13.8. The Hall–Kier alpha value is -1.75. The molecule has 1 aromatic rings. The molecule has 2 N–H and O–H groups in total. The van der Waals surface area contributed by atoms with Gasteiger partial charge in [0.05, 0.1) is 6.61 Å². The zero-order valence-corrected chi connectivity index (χ0v) is 13.8. The Morgan fingerprint density at radius 3 is 2.59 bits per heavy atom. The maximum Gasteiger partial charge on any atom is 0.191 e. The van der Waals surface area contributed by atoms with Crippen molar-refractivity contribution in [3.05, 3.63) is 30.3 Å². The fourth-order valence-corrected chi connectivity index (χ4v) is 1.83. The summed E-state index contributed by atoms with van der Waals surface area (Å²) in [6.45, 7) is 8.78. The fraction of sp³-hybridized carbons (Fsp3) is 0.588. The molecule has 0 bridgehead atoms. The third kappa shape index (κ3) is 9.23. The van der Waals surface area contributed by atoms with Gasteiger partial charge in [-0.25, -0.2) is 0 Å². The highest BCUT2D eigenvalue weighted by molar-refractivity contribution is 5.79. The van der Waals surface area contributed by atoms with E-state index in [4.69, 9.17) is 9.47 Å². The van der Waals surface area contributed by atoms with Crippen molar-refractivity contribution < 1.29 is 9.47 Å². The van der Waals surface area contributed by atoms with E-state index in [9.17, 15) is 0 Å². The van der Waals surface area contributed by atoms with Crippen LogP contribution in [0.5, 0.6) is 5.75 Å². The van der Waals surface area contributed by atoms with Crippen LogP contribution in [-0.2, 0) is 4.74 Å². The minimum absolute atomic E-state index is 0.678. The molecule has 0 radical (unpaired) electrons. The lowest BCUT2D eigenvalue weighted by Gasteiger charge is -2.11. The first kappa shape index (κ1) is 18.3. The topological polar surface area (TPSA) is 54.9 Å². The number of rotatable bonds is 11. The van der Waals surface area contributed by atoms with Gasteiger partial charge in [0.1, 0.15) is 5.75 Å². The quantitative estimate of drug-likeness (QED) is 0.374. The van der Waals surface area contributed by atoms with Crippen molar-refractivity contribution >= 4 is 5.96 Å². The highest BCUT2D eigenvalue weighted by Crippen LogP contribution is 2.08. The summed E-state index contributed by atoms with van der Waals surface area (Å²) in [6.07, 6.45) is 1.87. The van der Waals surface area contributed by atoms with E-state index in [1.165, 1.54) is 0 Å². The van der Waals surface area contributed by atoms with Crippen LogP contribution in [0.3, 0.4) is 0 Å². The minimum Gasteiger partial charge on any atom is -0.494 e. The van der Waals surface area contributed by atoms with Crippen LogP contribution >= 0.6 is 0 Å². The number of nitrogens with zero attached hydrogens (tertiary/aromatic N) is 1. The molecule has 0 saturated heterocycles. The number of nitrogens with one attached hydrogen (secondary N) is 2. The number of ether oxygens (including phenoxy) is 2. The number of aliphatic imine (C=N–C) groups is 1. The highest BCUT2D eigenvalue weighted by atomic mass is 16.5. The molecule has 0 heterocycles. The monoisotopic (exact) mass is 307 g/mol. The summed E-state index contributed by atoms with van der Waals surface area (Å²) in [4.78, 5) is 4.54. The van der Waals surface area contributed by atoms with Gasteiger partial charge in [0.2, 0.25) is 0 Å². The van der Waals surface area contributed by atoms with Gasteiger partial charge in [-0.1, -0.05) is 18.2 Å². The maximum atomic E-state index is 5.65. The lowest BCUT2D eigenvalue weighted by Crippen LogP contribution is -2.38. The van der Waals surface area contributed by atoms with Crippen molar-refractivity contribution in [3.8, 4) is 5.75 Å². The third-order valence-electron chi connectivity index (χ3n) is 2.89. The van der Waals surface area contributed by atoms with Gasteiger partial charge in [0, 0.05) is 39.3 Å². The Morgan fingerprint density at radius 1 is 1.05 bits per heavy atom. The molecule has 0 aliphatic rings. The first-order valence-electron chi connectivity index (χ1n) is 8.14. The molecule has 0 aliphatic carbocycles. The van der Waals surface area contributed by atoms with E-state index in [-0.39, 0.29) is 0 Å². The average molecular weight is 307 g/mol. The minimum atomic E-state index is 0.678. The van der Waals surface area contributed by atoms with Gasteiger partial charge in [-0.15, -0.1) is 0 Å². The summed E-state index contributed by atoms with van der Waals surface area (Å²) in [5, 5.41) is 6.55. The molecule has 0 saturated carbocycles. The molecule has 0 unspecified atom stereocenters. The molecule has 0 spiro atoms. The lowest BCUT2D eigenvalue weighted by atomic mass is 10.3. The van der Waals surface area contributed by atoms with Crippen LogP contribution in [0.1, 0.15) is 26.7 Å². The Morgan fingerprint density at radius 2 is 1.86 bits per heavy atom. The van der Waals surface area contributed by atoms with Crippen molar-refractivity contribution in [1.82, 2.24) is 10.6 Å². The first-order valence-corrected chi connectivity index (χ1v) is 8.14. The van der Waals surface area contributed by atoms with Crippen LogP contribution in [0.2, 0.25) is 0 Å². The Bertz CT molecular complexity index is 396. The van der Waals surface area contributed by atoms with Crippen LogP contribution in [0.15, 0.2) is 35.3 Å². The van der Waals surface area contributed by atoms with E-state index in [1.54, 1.807) is 0 Å². The van der Waals surface area contributed by atoms with Crippen molar-refractivity contribution in [1.29, 1.82) is 0 Å². The molecule has 0 amide bonds. The molecule has 22 heavy (non-hydrogen) atoms. The largest absolute Gasteiger partial charge is 0.494 e. The predicted octanol–water partition coefficient (Wildman–Crippen LogP) is 2.44. The van der Waals surface area contributed by atoms with Gasteiger partial charge in [-0.05, 0) is 32.4 Å². The molecule has 0 aliphatic heterocycles. The smallest absolute Gasteiger partial charge is 0.191 e. The lowest BCUT2D eigenvalue weighted by molar-refractivity contribution is 0.145. The molecular weight excluding hydrogens is 278 g/mol. The molecule has 1 rings (SSSR count). The molecule has 0 atom stereocenters. The van der Waals surface area contributed by atoms with E-state index in [1.807, 2.05) is 37.3 Å². The highest BCUT2D eigenvalue weighted by Gasteiger charge is 1.97. The second-order valence-corrected chi connectivity index (χ2v) is 4.75. The summed E-state index contributed by atoms with van der Waals surface area (Å²) in [5.41, 5.74) is 0. The van der Waals surface area contributed by atoms with Crippen LogP contribution in [0.4, 0.5) is 0 Å². The van der Waals surface area contributed by atoms with E-state index < -0.39 is 0 Å². The van der Waals surface area contributed by atoms with Crippen molar-refractivity contribution in [2.24, 2.45) is 4.99 Å². The third-order valence-corrected chi connectivity index (χ3v) is 2.89. The van der Waals surface area contributed by atoms with Crippen molar-refractivity contribution in [2.75, 3.05) is 39.5 Å². The van der Waals surface area contributed by atoms with Crippen molar-refractivity contribution in [2.45, 2.75) is 26.7 Å². The summed E-state index contributed by atoms with van der Waals surface area (Å²) in [5.74, 6) is 1.77. The summed E-state index contributed by atoms with van der Waals surface area (Å²) >= 11 is 0. The standard InChI is InChI=1S/C17H29N3O2/c1-3-18-17(19-12-8-14-21-4-2)20-13-9-15-22-16-10-6-5-7-11-16/h5-7,10-11H,3-4,8-9,12-15H2,1-2H3,(H2,18,19,20). The normalized spacial score (nSPS) is 11.3. The van der Waals surface area contributed by atoms with Gasteiger partial charge in [-0.2, -0.15) is 0 Å². The number of hydrogen-bond donors (Lipinski definition) is 2. The van der Waals surface area contributed by atoms with Crippen LogP contribution < -0.4 is 15.4 Å². The van der Waals surface area contributed by atoms with Gasteiger partial charge in [-0.3, -0.25) is 4.99 Å². The number of guanidine groups is 1. The second-order valence-electron chi connectivity index (χ2n) is 4.75. The number of benzene rings is 1.